The maximum atomic E-state index is 5.54. The second kappa shape index (κ2) is 3.89. The second-order valence-electron chi connectivity index (χ2n) is 5.39. The van der Waals surface area contributed by atoms with Crippen molar-refractivity contribution in [2.45, 2.75) is 37.5 Å². The van der Waals surface area contributed by atoms with E-state index in [4.69, 9.17) is 4.74 Å². The highest BCUT2D eigenvalue weighted by molar-refractivity contribution is 5.41. The molecular formula is C15H20O. The van der Waals surface area contributed by atoms with E-state index < -0.39 is 0 Å². The van der Waals surface area contributed by atoms with Gasteiger partial charge in [-0.25, -0.2) is 0 Å². The summed E-state index contributed by atoms with van der Waals surface area (Å²) >= 11 is 0. The van der Waals surface area contributed by atoms with Crippen molar-refractivity contribution in [2.24, 2.45) is 5.92 Å². The maximum absolute atomic E-state index is 5.54. The zero-order valence-corrected chi connectivity index (χ0v) is 10.0. The van der Waals surface area contributed by atoms with Crippen LogP contribution in [0.25, 0.3) is 0 Å². The van der Waals surface area contributed by atoms with Crippen molar-refractivity contribution in [3.63, 3.8) is 0 Å². The summed E-state index contributed by atoms with van der Waals surface area (Å²) < 4.78 is 5.54. The van der Waals surface area contributed by atoms with Crippen LogP contribution in [0, 0.1) is 5.92 Å². The fraction of sp³-hybridized carbons (Fsp3) is 0.600. The minimum atomic E-state index is 0.351. The van der Waals surface area contributed by atoms with E-state index in [-0.39, 0.29) is 0 Å². The summed E-state index contributed by atoms with van der Waals surface area (Å²) in [5, 5.41) is 0. The van der Waals surface area contributed by atoms with Crippen LogP contribution in [0.15, 0.2) is 24.3 Å². The highest BCUT2D eigenvalue weighted by Gasteiger charge is 2.47. The number of hydrogen-bond acceptors (Lipinski definition) is 1. The topological polar surface area (TPSA) is 9.23 Å². The highest BCUT2D eigenvalue weighted by atomic mass is 16.5. The van der Waals surface area contributed by atoms with E-state index in [1.165, 1.54) is 32.1 Å². The van der Waals surface area contributed by atoms with E-state index in [0.29, 0.717) is 5.41 Å². The molecular weight excluding hydrogens is 196 g/mol. The van der Waals surface area contributed by atoms with Gasteiger partial charge in [0.25, 0.3) is 0 Å². The molecule has 1 saturated carbocycles. The van der Waals surface area contributed by atoms with Crippen molar-refractivity contribution in [2.75, 3.05) is 13.7 Å². The van der Waals surface area contributed by atoms with Gasteiger partial charge in [0.15, 0.2) is 0 Å². The average Bonchev–Trinajstić information content (AvgIpc) is 2.64. The molecule has 2 aliphatic rings. The van der Waals surface area contributed by atoms with Gasteiger partial charge in [-0.05, 0) is 36.3 Å². The molecule has 2 atom stereocenters. The Morgan fingerprint density at radius 1 is 1.31 bits per heavy atom. The zero-order valence-electron chi connectivity index (χ0n) is 10.0. The van der Waals surface area contributed by atoms with Crippen LogP contribution in [0.3, 0.4) is 0 Å². The van der Waals surface area contributed by atoms with Crippen LogP contribution in [0.1, 0.15) is 36.8 Å². The first-order valence-electron chi connectivity index (χ1n) is 6.44. The van der Waals surface area contributed by atoms with E-state index in [0.717, 1.165) is 12.5 Å². The molecule has 1 heteroatoms. The van der Waals surface area contributed by atoms with Gasteiger partial charge in [0.2, 0.25) is 0 Å². The molecule has 86 valence electrons. The van der Waals surface area contributed by atoms with Gasteiger partial charge in [-0.2, -0.15) is 0 Å². The van der Waals surface area contributed by atoms with Crippen molar-refractivity contribution in [3.8, 4) is 0 Å². The normalized spacial score (nSPS) is 32.2. The summed E-state index contributed by atoms with van der Waals surface area (Å²) in [4.78, 5) is 0. The number of methoxy groups -OCH3 is 1. The lowest BCUT2D eigenvalue weighted by Gasteiger charge is -2.39. The Balaban J connectivity index is 2.06. The van der Waals surface area contributed by atoms with Gasteiger partial charge >= 0.3 is 0 Å². The van der Waals surface area contributed by atoms with Crippen LogP contribution in [0.4, 0.5) is 0 Å². The summed E-state index contributed by atoms with van der Waals surface area (Å²) in [6.07, 6.45) is 6.76. The van der Waals surface area contributed by atoms with E-state index >= 15 is 0 Å². The molecule has 0 aliphatic heterocycles. The van der Waals surface area contributed by atoms with Crippen LogP contribution in [0.5, 0.6) is 0 Å². The molecule has 0 unspecified atom stereocenters. The quantitative estimate of drug-likeness (QED) is 0.737. The molecule has 0 spiro atoms. The number of benzene rings is 1. The van der Waals surface area contributed by atoms with Gasteiger partial charge in [0.1, 0.15) is 0 Å². The molecule has 16 heavy (non-hydrogen) atoms. The third kappa shape index (κ3) is 1.34. The minimum absolute atomic E-state index is 0.351. The zero-order chi connectivity index (χ0) is 11.0. The smallest absolute Gasteiger partial charge is 0.0562 e. The molecule has 1 nitrogen and oxygen atoms in total. The molecule has 0 N–H and O–H groups in total. The first kappa shape index (κ1) is 10.3. The van der Waals surface area contributed by atoms with Crippen molar-refractivity contribution < 1.29 is 4.74 Å². The van der Waals surface area contributed by atoms with Gasteiger partial charge in [-0.1, -0.05) is 37.1 Å². The molecule has 2 aliphatic carbocycles. The number of fused-ring (bicyclic) bond motifs is 3. The van der Waals surface area contributed by atoms with Gasteiger partial charge in [0.05, 0.1) is 6.61 Å². The fourth-order valence-corrected chi connectivity index (χ4v) is 3.94. The minimum Gasteiger partial charge on any atom is -0.384 e. The molecule has 0 aromatic heterocycles. The predicted octanol–water partition coefficient (Wildman–Crippen LogP) is 3.32. The lowest BCUT2D eigenvalue weighted by Crippen LogP contribution is -2.39. The number of rotatable bonds is 2. The van der Waals surface area contributed by atoms with Gasteiger partial charge in [0, 0.05) is 12.5 Å². The highest BCUT2D eigenvalue weighted by Crippen LogP contribution is 2.51. The van der Waals surface area contributed by atoms with Crippen LogP contribution >= 0.6 is 0 Å². The number of hydrogen-bond donors (Lipinski definition) is 0. The monoisotopic (exact) mass is 216 g/mol. The van der Waals surface area contributed by atoms with Crippen LogP contribution in [-0.4, -0.2) is 13.7 Å². The molecule has 1 aromatic rings. The summed E-state index contributed by atoms with van der Waals surface area (Å²) in [5.74, 6) is 0.832. The summed E-state index contributed by atoms with van der Waals surface area (Å²) in [6.45, 7) is 0.911. The third-order valence-electron chi connectivity index (χ3n) is 4.63. The van der Waals surface area contributed by atoms with Crippen LogP contribution < -0.4 is 0 Å². The van der Waals surface area contributed by atoms with Gasteiger partial charge in [-0.15, -0.1) is 0 Å². The predicted molar refractivity (Wildman–Crippen MR) is 65.7 cm³/mol. The summed E-state index contributed by atoms with van der Waals surface area (Å²) in [7, 11) is 1.85. The Morgan fingerprint density at radius 2 is 2.19 bits per heavy atom. The lowest BCUT2D eigenvalue weighted by molar-refractivity contribution is 0.0721. The molecule has 0 heterocycles. The lowest BCUT2D eigenvalue weighted by atomic mass is 9.66. The fourth-order valence-electron chi connectivity index (χ4n) is 3.94. The molecule has 0 radical (unpaired) electrons. The number of ether oxygens (including phenoxy) is 1. The second-order valence-corrected chi connectivity index (χ2v) is 5.39. The molecule has 0 bridgehead atoms. The van der Waals surface area contributed by atoms with Crippen LogP contribution in [0.2, 0.25) is 0 Å². The maximum Gasteiger partial charge on any atom is 0.0562 e. The Kier molecular flexibility index (Phi) is 2.51. The molecule has 1 fully saturated rings. The van der Waals surface area contributed by atoms with Gasteiger partial charge < -0.3 is 4.74 Å². The van der Waals surface area contributed by atoms with Crippen LogP contribution in [-0.2, 0) is 16.6 Å². The molecule has 1 aromatic carbocycles. The van der Waals surface area contributed by atoms with Crippen molar-refractivity contribution in [1.82, 2.24) is 0 Å². The Hall–Kier alpha value is -0.820. The Morgan fingerprint density at radius 3 is 3.06 bits per heavy atom. The SMILES string of the molecule is COC[C@]12CCCC[C@H]1Cc1ccccc12. The Bertz CT molecular complexity index is 381. The third-order valence-corrected chi connectivity index (χ3v) is 4.63. The summed E-state index contributed by atoms with van der Waals surface area (Å²) in [5.41, 5.74) is 3.51. The first-order chi connectivity index (χ1) is 7.87. The van der Waals surface area contributed by atoms with E-state index in [2.05, 4.69) is 24.3 Å². The first-order valence-corrected chi connectivity index (χ1v) is 6.44. The van der Waals surface area contributed by atoms with E-state index in [9.17, 15) is 0 Å². The van der Waals surface area contributed by atoms with E-state index in [1.54, 1.807) is 11.1 Å². The van der Waals surface area contributed by atoms with E-state index in [1.807, 2.05) is 7.11 Å². The molecule has 3 rings (SSSR count). The van der Waals surface area contributed by atoms with Crippen molar-refractivity contribution >= 4 is 0 Å². The Labute approximate surface area is 97.8 Å². The molecule has 0 amide bonds. The standard InChI is InChI=1S/C15H20O/c1-16-11-15-9-5-4-7-13(15)10-12-6-2-3-8-14(12)15/h2-3,6,8,13H,4-5,7,9-11H2,1H3/t13-,15+/m0/s1. The molecule has 0 saturated heterocycles. The van der Waals surface area contributed by atoms with Gasteiger partial charge in [-0.3, -0.25) is 0 Å². The average molecular weight is 216 g/mol. The largest absolute Gasteiger partial charge is 0.384 e. The van der Waals surface area contributed by atoms with Crippen molar-refractivity contribution in [1.29, 1.82) is 0 Å². The van der Waals surface area contributed by atoms with Crippen molar-refractivity contribution in [3.05, 3.63) is 35.4 Å². The summed E-state index contributed by atoms with van der Waals surface area (Å²) in [6, 6.07) is 9.01.